The number of aliphatic hydroxyl groups is 1. The number of H-pyrrole nitrogens is 1. The van der Waals surface area contributed by atoms with Crippen LogP contribution in [0.2, 0.25) is 0 Å². The number of rotatable bonds is 6. The molecule has 24 heavy (non-hydrogen) atoms. The summed E-state index contributed by atoms with van der Waals surface area (Å²) in [6, 6.07) is 5.87. The largest absolute Gasteiger partial charge is 0.488 e. The van der Waals surface area contributed by atoms with E-state index in [1.54, 1.807) is 18.3 Å². The number of aromatic amines is 1. The van der Waals surface area contributed by atoms with E-state index in [0.29, 0.717) is 18.7 Å². The smallest absolute Gasteiger partial charge is 0.226 e. The zero-order valence-electron chi connectivity index (χ0n) is 13.1. The van der Waals surface area contributed by atoms with E-state index in [0.717, 1.165) is 12.1 Å². The number of hydrogen-bond donors (Lipinski definition) is 3. The Hall–Kier alpha value is -2.41. The first-order valence-electron chi connectivity index (χ1n) is 7.96. The van der Waals surface area contributed by atoms with E-state index in [1.165, 1.54) is 18.5 Å². The molecule has 3 rings (SSSR count). The maximum atomic E-state index is 13.2. The van der Waals surface area contributed by atoms with Gasteiger partial charge in [-0.1, -0.05) is 6.07 Å². The molecule has 1 saturated carbocycles. The van der Waals surface area contributed by atoms with E-state index >= 15 is 0 Å². The molecule has 0 radical (unpaired) electrons. The molecule has 1 aromatic carbocycles. The van der Waals surface area contributed by atoms with Crippen molar-refractivity contribution in [1.29, 1.82) is 0 Å². The fourth-order valence-electron chi connectivity index (χ4n) is 2.95. The maximum absolute atomic E-state index is 13.2. The van der Waals surface area contributed by atoms with Crippen molar-refractivity contribution < 1.29 is 19.0 Å². The summed E-state index contributed by atoms with van der Waals surface area (Å²) in [5.41, 5.74) is 0.742. The molecule has 0 unspecified atom stereocenters. The van der Waals surface area contributed by atoms with Crippen molar-refractivity contribution in [3.8, 4) is 5.75 Å². The monoisotopic (exact) mass is 333 g/mol. The van der Waals surface area contributed by atoms with Crippen molar-refractivity contribution in [2.45, 2.75) is 31.5 Å². The lowest BCUT2D eigenvalue weighted by Crippen LogP contribution is -2.37. The van der Waals surface area contributed by atoms with Gasteiger partial charge in [0.15, 0.2) is 0 Å². The van der Waals surface area contributed by atoms with Crippen LogP contribution in [0, 0.1) is 11.7 Å². The molecular weight excluding hydrogens is 313 g/mol. The van der Waals surface area contributed by atoms with Crippen LogP contribution in [0.15, 0.2) is 36.8 Å². The number of nitrogens with one attached hydrogen (secondary N) is 2. The summed E-state index contributed by atoms with van der Waals surface area (Å²) in [6.07, 6.45) is 3.68. The first-order chi connectivity index (χ1) is 11.6. The molecule has 6 nitrogen and oxygen atoms in total. The minimum absolute atomic E-state index is 0.0747. The Morgan fingerprint density at radius 1 is 1.46 bits per heavy atom. The molecule has 1 fully saturated rings. The number of halogens is 1. The maximum Gasteiger partial charge on any atom is 0.226 e. The van der Waals surface area contributed by atoms with Crippen molar-refractivity contribution in [3.63, 3.8) is 0 Å². The second kappa shape index (κ2) is 7.44. The van der Waals surface area contributed by atoms with Crippen LogP contribution >= 0.6 is 0 Å². The highest BCUT2D eigenvalue weighted by molar-refractivity contribution is 5.78. The minimum atomic E-state index is -0.694. The summed E-state index contributed by atoms with van der Waals surface area (Å²) < 4.78 is 18.9. The van der Waals surface area contributed by atoms with E-state index in [-0.39, 0.29) is 30.2 Å². The molecule has 2 aromatic rings. The minimum Gasteiger partial charge on any atom is -0.488 e. The van der Waals surface area contributed by atoms with Crippen LogP contribution in [0.25, 0.3) is 0 Å². The summed E-state index contributed by atoms with van der Waals surface area (Å²) in [5.74, 6) is -0.166. The fourth-order valence-corrected chi connectivity index (χ4v) is 2.95. The van der Waals surface area contributed by atoms with E-state index in [2.05, 4.69) is 15.3 Å². The van der Waals surface area contributed by atoms with Gasteiger partial charge in [0, 0.05) is 30.4 Å². The predicted octanol–water partition coefficient (Wildman–Crippen LogP) is 1.43. The third kappa shape index (κ3) is 4.11. The summed E-state index contributed by atoms with van der Waals surface area (Å²) in [5, 5.41) is 13.2. The number of aromatic nitrogens is 2. The molecule has 128 valence electrons. The van der Waals surface area contributed by atoms with Crippen LogP contribution in [0.1, 0.15) is 18.5 Å². The Labute approximate surface area is 139 Å². The van der Waals surface area contributed by atoms with Crippen LogP contribution in [-0.4, -0.2) is 39.7 Å². The number of imidazole rings is 1. The predicted molar refractivity (Wildman–Crippen MR) is 84.8 cm³/mol. The summed E-state index contributed by atoms with van der Waals surface area (Å²) in [7, 11) is 0. The Kier molecular flexibility index (Phi) is 5.10. The van der Waals surface area contributed by atoms with Crippen LogP contribution in [-0.2, 0) is 11.2 Å². The van der Waals surface area contributed by atoms with E-state index in [9.17, 15) is 14.3 Å². The van der Waals surface area contributed by atoms with Crippen molar-refractivity contribution in [3.05, 3.63) is 48.3 Å². The lowest BCUT2D eigenvalue weighted by Gasteiger charge is -2.21. The second-order valence-electron chi connectivity index (χ2n) is 6.00. The average molecular weight is 333 g/mol. The Morgan fingerprint density at radius 2 is 2.33 bits per heavy atom. The Balaban J connectivity index is 1.47. The highest BCUT2D eigenvalue weighted by Gasteiger charge is 2.36. The van der Waals surface area contributed by atoms with Gasteiger partial charge in [-0.15, -0.1) is 0 Å². The lowest BCUT2D eigenvalue weighted by atomic mass is 10.1. The van der Waals surface area contributed by atoms with Gasteiger partial charge in [-0.05, 0) is 25.0 Å². The SMILES string of the molecule is O=C(Cc1cnc[nH]1)NC[C@H]1CC[C@@H](Oc2cccc(F)c2)[C@@H]1O. The topological polar surface area (TPSA) is 87.2 Å². The highest BCUT2D eigenvalue weighted by Crippen LogP contribution is 2.29. The van der Waals surface area contributed by atoms with Crippen LogP contribution < -0.4 is 10.1 Å². The summed E-state index contributed by atoms with van der Waals surface area (Å²) in [6.45, 7) is 0.386. The molecule has 7 heteroatoms. The number of carbonyl (C=O) groups excluding carboxylic acids is 1. The fraction of sp³-hybridized carbons (Fsp3) is 0.412. The number of ether oxygens (including phenoxy) is 1. The van der Waals surface area contributed by atoms with Crippen LogP contribution in [0.5, 0.6) is 5.75 Å². The Morgan fingerprint density at radius 3 is 3.08 bits per heavy atom. The van der Waals surface area contributed by atoms with Gasteiger partial charge in [-0.2, -0.15) is 0 Å². The molecule has 1 aromatic heterocycles. The van der Waals surface area contributed by atoms with Gasteiger partial charge in [0.2, 0.25) is 5.91 Å². The first kappa shape index (κ1) is 16.4. The number of carbonyl (C=O) groups is 1. The Bertz CT molecular complexity index is 677. The number of amides is 1. The van der Waals surface area contributed by atoms with Gasteiger partial charge < -0.3 is 20.1 Å². The average Bonchev–Trinajstić information content (AvgIpc) is 3.17. The zero-order chi connectivity index (χ0) is 16.9. The standard InChI is InChI=1S/C17H20FN3O3/c18-12-2-1-3-14(6-12)24-15-5-4-11(17(15)23)8-20-16(22)7-13-9-19-10-21-13/h1-3,6,9-11,15,17,23H,4-5,7-8H2,(H,19,21)(H,20,22)/t11-,15-,17-/m1/s1. The molecule has 0 bridgehead atoms. The van der Waals surface area contributed by atoms with Gasteiger partial charge in [0.25, 0.3) is 0 Å². The van der Waals surface area contributed by atoms with Crippen LogP contribution in [0.4, 0.5) is 4.39 Å². The molecule has 0 saturated heterocycles. The third-order valence-corrected chi connectivity index (χ3v) is 4.24. The van der Waals surface area contributed by atoms with E-state index in [1.807, 2.05) is 0 Å². The van der Waals surface area contributed by atoms with Crippen molar-refractivity contribution in [2.75, 3.05) is 6.54 Å². The molecule has 0 aliphatic heterocycles. The molecule has 0 spiro atoms. The van der Waals surface area contributed by atoms with E-state index in [4.69, 9.17) is 4.74 Å². The van der Waals surface area contributed by atoms with Gasteiger partial charge >= 0.3 is 0 Å². The summed E-state index contributed by atoms with van der Waals surface area (Å²) in [4.78, 5) is 18.6. The van der Waals surface area contributed by atoms with Crippen molar-refractivity contribution in [2.24, 2.45) is 5.92 Å². The second-order valence-corrected chi connectivity index (χ2v) is 6.00. The van der Waals surface area contributed by atoms with E-state index < -0.39 is 6.10 Å². The van der Waals surface area contributed by atoms with Gasteiger partial charge in [0.1, 0.15) is 17.7 Å². The molecule has 1 aliphatic rings. The molecular formula is C17H20FN3O3. The number of aliphatic hydroxyl groups excluding tert-OH is 1. The van der Waals surface area contributed by atoms with Crippen molar-refractivity contribution in [1.82, 2.24) is 15.3 Å². The number of hydrogen-bond acceptors (Lipinski definition) is 4. The molecule has 1 heterocycles. The first-order valence-corrected chi connectivity index (χ1v) is 7.96. The van der Waals surface area contributed by atoms with Crippen molar-refractivity contribution >= 4 is 5.91 Å². The molecule has 1 amide bonds. The normalized spacial score (nSPS) is 23.2. The van der Waals surface area contributed by atoms with Gasteiger partial charge in [-0.25, -0.2) is 9.37 Å². The van der Waals surface area contributed by atoms with Gasteiger partial charge in [0.05, 0.1) is 18.9 Å². The van der Waals surface area contributed by atoms with Gasteiger partial charge in [-0.3, -0.25) is 4.79 Å². The zero-order valence-corrected chi connectivity index (χ0v) is 13.1. The summed E-state index contributed by atoms with van der Waals surface area (Å²) >= 11 is 0. The molecule has 3 N–H and O–H groups in total. The van der Waals surface area contributed by atoms with Crippen LogP contribution in [0.3, 0.4) is 0 Å². The lowest BCUT2D eigenvalue weighted by molar-refractivity contribution is -0.120. The molecule has 1 aliphatic carbocycles. The highest BCUT2D eigenvalue weighted by atomic mass is 19.1. The number of benzene rings is 1. The number of nitrogens with zero attached hydrogens (tertiary/aromatic N) is 1. The quantitative estimate of drug-likeness (QED) is 0.746. The third-order valence-electron chi connectivity index (χ3n) is 4.24. The molecule has 3 atom stereocenters.